The molecule has 6 rings (SSSR count). The third-order valence-corrected chi connectivity index (χ3v) is 7.74. The number of anilines is 1. The zero-order valence-electron chi connectivity index (χ0n) is 17.9. The lowest BCUT2D eigenvalue weighted by molar-refractivity contribution is -0.143. The van der Waals surface area contributed by atoms with Crippen molar-refractivity contribution in [3.8, 4) is 0 Å². The maximum absolute atomic E-state index is 13.5. The summed E-state index contributed by atoms with van der Waals surface area (Å²) in [5.74, 6) is -0.899. The summed E-state index contributed by atoms with van der Waals surface area (Å²) in [5, 5.41) is 12.3. The molecule has 1 aromatic carbocycles. The predicted octanol–water partition coefficient (Wildman–Crippen LogP) is 3.76. The van der Waals surface area contributed by atoms with E-state index in [-0.39, 0.29) is 47.8 Å². The van der Waals surface area contributed by atoms with Gasteiger partial charge in [-0.15, -0.1) is 10.2 Å². The van der Waals surface area contributed by atoms with E-state index in [9.17, 15) is 14.4 Å². The summed E-state index contributed by atoms with van der Waals surface area (Å²) in [6, 6.07) is 8.73. The molecule has 4 aliphatic rings. The molecule has 0 spiro atoms. The summed E-state index contributed by atoms with van der Waals surface area (Å²) in [4.78, 5) is 41.3. The Balaban J connectivity index is 1.40. The topological polar surface area (TPSA) is 92.3 Å². The van der Waals surface area contributed by atoms with Crippen LogP contribution in [0, 0.1) is 23.7 Å². The molecular weight excluding hydrogens is 424 g/mol. The van der Waals surface area contributed by atoms with Gasteiger partial charge >= 0.3 is 0 Å². The third-order valence-electron chi connectivity index (χ3n) is 6.85. The highest BCUT2D eigenvalue weighted by molar-refractivity contribution is 7.15. The van der Waals surface area contributed by atoms with Gasteiger partial charge in [-0.25, -0.2) is 0 Å². The Hall–Kier alpha value is -2.87. The van der Waals surface area contributed by atoms with Crippen molar-refractivity contribution in [2.24, 2.45) is 23.7 Å². The number of allylic oxidation sites excluding steroid dienone is 2. The molecular formula is C24H26N4O3S. The molecule has 2 bridgehead atoms. The van der Waals surface area contributed by atoms with Crippen molar-refractivity contribution in [2.45, 2.75) is 45.1 Å². The molecule has 1 aliphatic heterocycles. The van der Waals surface area contributed by atoms with Crippen LogP contribution in [-0.2, 0) is 20.8 Å². The van der Waals surface area contributed by atoms with Crippen LogP contribution < -0.4 is 5.32 Å². The second kappa shape index (κ2) is 8.58. The smallest absolute Gasteiger partial charge is 0.234 e. The summed E-state index contributed by atoms with van der Waals surface area (Å²) in [7, 11) is 0. The van der Waals surface area contributed by atoms with Crippen LogP contribution in [0.25, 0.3) is 0 Å². The minimum atomic E-state index is -0.635. The average Bonchev–Trinajstić information content (AvgIpc) is 3.36. The summed E-state index contributed by atoms with van der Waals surface area (Å²) >= 11 is 1.36. The minimum Gasteiger partial charge on any atom is -0.300 e. The summed E-state index contributed by atoms with van der Waals surface area (Å²) in [5.41, 5.74) is 0.784. The highest BCUT2D eigenvalue weighted by Gasteiger charge is 2.58. The third kappa shape index (κ3) is 3.66. The van der Waals surface area contributed by atoms with Crippen LogP contribution in [0.3, 0.4) is 0 Å². The number of likely N-dealkylation sites (tertiary alicyclic amines) is 1. The van der Waals surface area contributed by atoms with Gasteiger partial charge in [-0.05, 0) is 36.7 Å². The quantitative estimate of drug-likeness (QED) is 0.512. The van der Waals surface area contributed by atoms with E-state index in [1.807, 2.05) is 30.3 Å². The van der Waals surface area contributed by atoms with Gasteiger partial charge < -0.3 is 5.32 Å². The normalized spacial score (nSPS) is 27.0. The van der Waals surface area contributed by atoms with Crippen LogP contribution in [0.1, 0.15) is 49.2 Å². The van der Waals surface area contributed by atoms with Crippen LogP contribution in [0.5, 0.6) is 0 Å². The van der Waals surface area contributed by atoms with Crippen LogP contribution in [-0.4, -0.2) is 32.8 Å². The van der Waals surface area contributed by atoms with Gasteiger partial charge in [0.2, 0.25) is 22.9 Å². The van der Waals surface area contributed by atoms with Crippen molar-refractivity contribution < 1.29 is 14.4 Å². The number of hydrogen-bond donors (Lipinski definition) is 1. The van der Waals surface area contributed by atoms with Crippen LogP contribution in [0.2, 0.25) is 0 Å². The molecule has 3 amide bonds. The van der Waals surface area contributed by atoms with Gasteiger partial charge in [0.1, 0.15) is 5.01 Å². The van der Waals surface area contributed by atoms with E-state index in [1.54, 1.807) is 0 Å². The molecule has 1 aromatic heterocycles. The first-order valence-electron chi connectivity index (χ1n) is 11.3. The van der Waals surface area contributed by atoms with Gasteiger partial charge in [-0.1, -0.05) is 60.7 Å². The molecule has 2 fully saturated rings. The lowest BCUT2D eigenvalue weighted by Crippen LogP contribution is -2.38. The molecule has 2 aromatic rings. The number of fused-ring (bicyclic) bond motifs is 1. The fourth-order valence-corrected chi connectivity index (χ4v) is 6.26. The summed E-state index contributed by atoms with van der Waals surface area (Å²) < 4.78 is 0. The molecule has 2 heterocycles. The van der Waals surface area contributed by atoms with E-state index >= 15 is 0 Å². The number of carbonyl (C=O) groups excluding carboxylic acids is 3. The first kappa shape index (κ1) is 21.0. The number of hydrogen-bond acceptors (Lipinski definition) is 6. The molecule has 8 heteroatoms. The van der Waals surface area contributed by atoms with Crippen molar-refractivity contribution in [3.05, 3.63) is 53.1 Å². The van der Waals surface area contributed by atoms with Gasteiger partial charge in [0, 0.05) is 6.42 Å². The van der Waals surface area contributed by atoms with Crippen molar-refractivity contribution in [2.75, 3.05) is 5.32 Å². The Morgan fingerprint density at radius 3 is 2.34 bits per heavy atom. The molecule has 0 unspecified atom stereocenters. The molecule has 166 valence electrons. The van der Waals surface area contributed by atoms with Crippen molar-refractivity contribution in [1.29, 1.82) is 0 Å². The number of amides is 3. The number of benzene rings is 1. The van der Waals surface area contributed by atoms with Gasteiger partial charge in [0.05, 0.1) is 24.3 Å². The highest BCUT2D eigenvalue weighted by atomic mass is 32.1. The Morgan fingerprint density at radius 1 is 1.09 bits per heavy atom. The zero-order chi connectivity index (χ0) is 22.2. The molecule has 5 atom stereocenters. The number of rotatable bonds is 7. The summed E-state index contributed by atoms with van der Waals surface area (Å²) in [6.07, 6.45) is 7.88. The lowest BCUT2D eigenvalue weighted by Gasteiger charge is -2.38. The molecule has 1 saturated heterocycles. The number of aryl methyl sites for hydroxylation is 1. The van der Waals surface area contributed by atoms with Crippen molar-refractivity contribution in [1.82, 2.24) is 15.1 Å². The standard InChI is InChI=1S/C24H26N4O3S/c1-2-6-19-26-27-24(32-19)25-18(29)13-17(14-7-4-3-5-8-14)28-22(30)20-15-9-10-16(12-11-15)21(20)23(28)31/h3-5,7-10,15-17,20-21H,2,6,11-13H2,1H3,(H,25,27,29)/t15-,16-,17+,20+,21+/m0/s1. The van der Waals surface area contributed by atoms with Crippen molar-refractivity contribution >= 4 is 34.2 Å². The van der Waals surface area contributed by atoms with Crippen LogP contribution in [0.15, 0.2) is 42.5 Å². The molecule has 32 heavy (non-hydrogen) atoms. The lowest BCUT2D eigenvalue weighted by atomic mass is 9.63. The number of nitrogens with one attached hydrogen (secondary N) is 1. The van der Waals surface area contributed by atoms with E-state index in [0.717, 1.165) is 36.3 Å². The SMILES string of the molecule is CCCc1nnc(NC(=O)C[C@H](c2ccccc2)N2C(=O)[C@H]3[C@H](C2=O)[C@H]2C=C[C@H]3CC2)s1. The van der Waals surface area contributed by atoms with Crippen LogP contribution in [0.4, 0.5) is 5.13 Å². The van der Waals surface area contributed by atoms with E-state index in [4.69, 9.17) is 0 Å². The summed E-state index contributed by atoms with van der Waals surface area (Å²) in [6.45, 7) is 2.06. The van der Waals surface area contributed by atoms with E-state index in [2.05, 4.69) is 34.6 Å². The Bertz CT molecular complexity index is 1030. The van der Waals surface area contributed by atoms with Gasteiger partial charge in [0.25, 0.3) is 0 Å². The monoisotopic (exact) mass is 450 g/mol. The van der Waals surface area contributed by atoms with Gasteiger partial charge in [0.15, 0.2) is 0 Å². The number of imide groups is 1. The molecule has 1 N–H and O–H groups in total. The predicted molar refractivity (Wildman–Crippen MR) is 121 cm³/mol. The highest BCUT2D eigenvalue weighted by Crippen LogP contribution is 2.51. The average molecular weight is 451 g/mol. The second-order valence-electron chi connectivity index (χ2n) is 8.82. The minimum absolute atomic E-state index is 0.00755. The molecule has 0 radical (unpaired) electrons. The zero-order valence-corrected chi connectivity index (χ0v) is 18.8. The number of carbonyl (C=O) groups is 3. The fourth-order valence-electron chi connectivity index (χ4n) is 5.40. The van der Waals surface area contributed by atoms with E-state index in [1.165, 1.54) is 16.2 Å². The van der Waals surface area contributed by atoms with Gasteiger partial charge in [-0.2, -0.15) is 0 Å². The Morgan fingerprint density at radius 2 is 1.75 bits per heavy atom. The molecule has 1 saturated carbocycles. The van der Waals surface area contributed by atoms with Crippen molar-refractivity contribution in [3.63, 3.8) is 0 Å². The van der Waals surface area contributed by atoms with E-state index in [0.29, 0.717) is 5.13 Å². The molecule has 7 nitrogen and oxygen atoms in total. The maximum atomic E-state index is 13.5. The van der Waals surface area contributed by atoms with Gasteiger partial charge in [-0.3, -0.25) is 19.3 Å². The largest absolute Gasteiger partial charge is 0.300 e. The number of nitrogens with zero attached hydrogens (tertiary/aromatic N) is 3. The number of aromatic nitrogens is 2. The molecule has 3 aliphatic carbocycles. The first-order valence-corrected chi connectivity index (χ1v) is 12.1. The first-order chi connectivity index (χ1) is 15.6. The van der Waals surface area contributed by atoms with Crippen LogP contribution >= 0.6 is 11.3 Å². The fraction of sp³-hybridized carbons (Fsp3) is 0.458. The maximum Gasteiger partial charge on any atom is 0.234 e. The Labute approximate surface area is 190 Å². The second-order valence-corrected chi connectivity index (χ2v) is 9.88. The Kier molecular flexibility index (Phi) is 5.63. The van der Waals surface area contributed by atoms with E-state index < -0.39 is 6.04 Å².